The summed E-state index contributed by atoms with van der Waals surface area (Å²) >= 11 is 11.5. The van der Waals surface area contributed by atoms with Crippen LogP contribution < -0.4 is 10.3 Å². The van der Waals surface area contributed by atoms with Gasteiger partial charge in [-0.05, 0) is 13.0 Å². The van der Waals surface area contributed by atoms with Gasteiger partial charge < -0.3 is 4.74 Å². The first-order chi connectivity index (χ1) is 9.02. The van der Waals surface area contributed by atoms with Gasteiger partial charge in [0, 0.05) is 5.56 Å². The van der Waals surface area contributed by atoms with Gasteiger partial charge in [-0.3, -0.25) is 9.36 Å². The highest BCUT2D eigenvalue weighted by Gasteiger charge is 2.10. The Morgan fingerprint density at radius 1 is 1.37 bits per heavy atom. The van der Waals surface area contributed by atoms with E-state index in [9.17, 15) is 4.79 Å². The molecule has 1 heterocycles. The second-order valence-corrected chi connectivity index (χ2v) is 4.83. The zero-order valence-corrected chi connectivity index (χ0v) is 12.0. The predicted molar refractivity (Wildman–Crippen MR) is 75.4 cm³/mol. The lowest BCUT2D eigenvalue weighted by atomic mass is 10.1. The summed E-state index contributed by atoms with van der Waals surface area (Å²) < 4.78 is 6.67. The predicted octanol–water partition coefficient (Wildman–Crippen LogP) is 2.92. The van der Waals surface area contributed by atoms with Crippen LogP contribution in [0, 0.1) is 6.92 Å². The fraction of sp³-hybridized carbons (Fsp3) is 0.231. The molecule has 0 atom stereocenters. The lowest BCUT2D eigenvalue weighted by Crippen LogP contribution is -2.22. The number of rotatable bonds is 3. The molecule has 1 aromatic heterocycles. The van der Waals surface area contributed by atoms with Crippen molar-refractivity contribution in [3.05, 3.63) is 56.2 Å². The highest BCUT2D eigenvalue weighted by Crippen LogP contribution is 2.21. The number of nitrogens with zero attached hydrogens (tertiary/aromatic N) is 2. The van der Waals surface area contributed by atoms with Gasteiger partial charge in [0.25, 0.3) is 5.56 Å². The second-order valence-electron chi connectivity index (χ2n) is 4.10. The molecule has 2 rings (SSSR count). The third-order valence-corrected chi connectivity index (χ3v) is 3.44. The fourth-order valence-electron chi connectivity index (χ4n) is 1.77. The summed E-state index contributed by atoms with van der Waals surface area (Å²) in [6, 6.07) is 5.76. The number of ether oxygens (including phenoxy) is 1. The first-order valence-corrected chi connectivity index (χ1v) is 6.32. The van der Waals surface area contributed by atoms with Gasteiger partial charge in [0.2, 0.25) is 0 Å². The molecule has 4 nitrogen and oxygen atoms in total. The molecule has 0 aliphatic heterocycles. The summed E-state index contributed by atoms with van der Waals surface area (Å²) in [5.74, 6) is 0.712. The smallest absolute Gasteiger partial charge is 0.273 e. The molecule has 0 amide bonds. The molecule has 0 saturated carbocycles. The minimum absolute atomic E-state index is 0.0131. The van der Waals surface area contributed by atoms with Crippen molar-refractivity contribution in [3.8, 4) is 5.75 Å². The van der Waals surface area contributed by atoms with Crippen LogP contribution in [-0.4, -0.2) is 16.7 Å². The van der Waals surface area contributed by atoms with Crippen molar-refractivity contribution >= 4 is 23.2 Å². The van der Waals surface area contributed by atoms with Gasteiger partial charge in [0.1, 0.15) is 10.8 Å². The van der Waals surface area contributed by atoms with E-state index < -0.39 is 0 Å². The van der Waals surface area contributed by atoms with Crippen molar-refractivity contribution in [3.63, 3.8) is 0 Å². The Kier molecular flexibility index (Phi) is 4.12. The van der Waals surface area contributed by atoms with Gasteiger partial charge in [-0.1, -0.05) is 40.9 Å². The standard InChI is InChI=1S/C13H12Cl2N2O2/c1-8-3-4-10(19-2)9(5-8)6-17-7-16-12(15)11(14)13(17)18/h3-5,7H,6H2,1-2H3. The summed E-state index contributed by atoms with van der Waals surface area (Å²) in [5.41, 5.74) is 1.59. The van der Waals surface area contributed by atoms with E-state index in [0.717, 1.165) is 11.1 Å². The van der Waals surface area contributed by atoms with Crippen LogP contribution in [0.1, 0.15) is 11.1 Å². The highest BCUT2D eigenvalue weighted by molar-refractivity contribution is 6.40. The molecule has 0 spiro atoms. The molecule has 0 unspecified atom stereocenters. The molecule has 0 aliphatic carbocycles. The van der Waals surface area contributed by atoms with Crippen molar-refractivity contribution in [1.82, 2.24) is 9.55 Å². The molecular weight excluding hydrogens is 287 g/mol. The molecule has 0 bridgehead atoms. The Bertz CT molecular complexity index is 668. The molecule has 0 N–H and O–H groups in total. The van der Waals surface area contributed by atoms with Gasteiger partial charge in [-0.25, -0.2) is 4.98 Å². The molecule has 0 aliphatic rings. The Balaban J connectivity index is 2.44. The molecule has 0 saturated heterocycles. The molecular formula is C13H12Cl2N2O2. The number of methoxy groups -OCH3 is 1. The zero-order valence-electron chi connectivity index (χ0n) is 10.5. The van der Waals surface area contributed by atoms with Crippen LogP contribution in [0.3, 0.4) is 0 Å². The van der Waals surface area contributed by atoms with Crippen molar-refractivity contribution < 1.29 is 4.74 Å². The largest absolute Gasteiger partial charge is 0.496 e. The molecule has 6 heteroatoms. The van der Waals surface area contributed by atoms with Crippen molar-refractivity contribution in [2.45, 2.75) is 13.5 Å². The molecule has 0 fully saturated rings. The summed E-state index contributed by atoms with van der Waals surface area (Å²) in [6.07, 6.45) is 1.37. The number of benzene rings is 1. The second kappa shape index (κ2) is 5.63. The SMILES string of the molecule is COc1ccc(C)cc1Cn1cnc(Cl)c(Cl)c1=O. The van der Waals surface area contributed by atoms with E-state index in [1.165, 1.54) is 10.9 Å². The molecule has 100 valence electrons. The van der Waals surface area contributed by atoms with Gasteiger partial charge in [-0.2, -0.15) is 0 Å². The van der Waals surface area contributed by atoms with Gasteiger partial charge in [0.15, 0.2) is 5.15 Å². The summed E-state index contributed by atoms with van der Waals surface area (Å²) in [6.45, 7) is 2.30. The molecule has 0 radical (unpaired) electrons. The van der Waals surface area contributed by atoms with E-state index in [-0.39, 0.29) is 15.7 Å². The first kappa shape index (κ1) is 13.9. The maximum Gasteiger partial charge on any atom is 0.273 e. The minimum Gasteiger partial charge on any atom is -0.496 e. The van der Waals surface area contributed by atoms with Gasteiger partial charge in [0.05, 0.1) is 20.0 Å². The van der Waals surface area contributed by atoms with Crippen LogP contribution in [0.5, 0.6) is 5.75 Å². The third-order valence-electron chi connectivity index (χ3n) is 2.72. The Labute approximate surface area is 120 Å². The van der Waals surface area contributed by atoms with Crippen LogP contribution in [0.15, 0.2) is 29.3 Å². The number of halogens is 2. The van der Waals surface area contributed by atoms with E-state index in [0.29, 0.717) is 12.3 Å². The van der Waals surface area contributed by atoms with Crippen LogP contribution in [0.25, 0.3) is 0 Å². The van der Waals surface area contributed by atoms with Crippen molar-refractivity contribution in [1.29, 1.82) is 0 Å². The highest BCUT2D eigenvalue weighted by atomic mass is 35.5. The van der Waals surface area contributed by atoms with Crippen LogP contribution in [-0.2, 0) is 6.54 Å². The monoisotopic (exact) mass is 298 g/mol. The normalized spacial score (nSPS) is 10.5. The number of aromatic nitrogens is 2. The topological polar surface area (TPSA) is 44.1 Å². The summed E-state index contributed by atoms with van der Waals surface area (Å²) in [4.78, 5) is 15.8. The summed E-state index contributed by atoms with van der Waals surface area (Å²) in [5, 5.41) is -0.0603. The maximum atomic E-state index is 11.9. The minimum atomic E-state index is -0.370. The van der Waals surface area contributed by atoms with Crippen LogP contribution in [0.4, 0.5) is 0 Å². The Morgan fingerprint density at radius 3 is 2.79 bits per heavy atom. The molecule has 2 aromatic rings. The van der Waals surface area contributed by atoms with E-state index in [2.05, 4.69) is 4.98 Å². The first-order valence-electron chi connectivity index (χ1n) is 5.57. The van der Waals surface area contributed by atoms with Crippen LogP contribution in [0.2, 0.25) is 10.2 Å². The molecule has 1 aromatic carbocycles. The lowest BCUT2D eigenvalue weighted by Gasteiger charge is -2.11. The van der Waals surface area contributed by atoms with Crippen LogP contribution >= 0.6 is 23.2 Å². The Morgan fingerprint density at radius 2 is 2.11 bits per heavy atom. The summed E-state index contributed by atoms with van der Waals surface area (Å²) in [7, 11) is 1.59. The number of aryl methyl sites for hydroxylation is 1. The third kappa shape index (κ3) is 2.91. The average Bonchev–Trinajstić information content (AvgIpc) is 2.40. The fourth-order valence-corrected chi connectivity index (χ4v) is 2.05. The maximum absolute atomic E-state index is 11.9. The van der Waals surface area contributed by atoms with E-state index in [1.54, 1.807) is 7.11 Å². The van der Waals surface area contributed by atoms with E-state index in [1.807, 2.05) is 25.1 Å². The lowest BCUT2D eigenvalue weighted by molar-refractivity contribution is 0.408. The quantitative estimate of drug-likeness (QED) is 0.819. The average molecular weight is 299 g/mol. The van der Waals surface area contributed by atoms with Gasteiger partial charge >= 0.3 is 0 Å². The number of hydrogen-bond acceptors (Lipinski definition) is 3. The zero-order chi connectivity index (χ0) is 14.0. The van der Waals surface area contributed by atoms with Gasteiger partial charge in [-0.15, -0.1) is 0 Å². The Hall–Kier alpha value is -1.52. The van der Waals surface area contributed by atoms with E-state index >= 15 is 0 Å². The number of hydrogen-bond donors (Lipinski definition) is 0. The van der Waals surface area contributed by atoms with Crippen molar-refractivity contribution in [2.24, 2.45) is 0 Å². The van der Waals surface area contributed by atoms with Crippen molar-refractivity contribution in [2.75, 3.05) is 7.11 Å². The molecule has 19 heavy (non-hydrogen) atoms. The van der Waals surface area contributed by atoms with E-state index in [4.69, 9.17) is 27.9 Å².